The van der Waals surface area contributed by atoms with E-state index in [1.165, 1.54) is 7.11 Å². The summed E-state index contributed by atoms with van der Waals surface area (Å²) in [6.45, 7) is 3.64. The van der Waals surface area contributed by atoms with Gasteiger partial charge in [0.1, 0.15) is 0 Å². The van der Waals surface area contributed by atoms with Crippen molar-refractivity contribution >= 4 is 11.1 Å². The lowest BCUT2D eigenvalue weighted by Gasteiger charge is -2.06. The van der Waals surface area contributed by atoms with Crippen molar-refractivity contribution in [3.63, 3.8) is 0 Å². The van der Waals surface area contributed by atoms with Gasteiger partial charge in [0.2, 0.25) is 0 Å². The van der Waals surface area contributed by atoms with Gasteiger partial charge in [0.15, 0.2) is 11.3 Å². The molecule has 88 valence electrons. The summed E-state index contributed by atoms with van der Waals surface area (Å²) in [5, 5.41) is 0. The smallest absolute Gasteiger partial charge is 0.402 e. The minimum absolute atomic E-state index is 0.241. The van der Waals surface area contributed by atoms with Crippen LogP contribution in [0.5, 0.6) is 5.75 Å². The Bertz CT molecular complexity index is 681. The second-order valence-corrected chi connectivity index (χ2v) is 3.51. The van der Waals surface area contributed by atoms with E-state index in [1.807, 2.05) is 0 Å². The van der Waals surface area contributed by atoms with E-state index < -0.39 is 11.2 Å². The van der Waals surface area contributed by atoms with Crippen LogP contribution in [-0.4, -0.2) is 12.1 Å². The van der Waals surface area contributed by atoms with Crippen molar-refractivity contribution in [3.05, 3.63) is 51.1 Å². The van der Waals surface area contributed by atoms with Gasteiger partial charge in [-0.2, -0.15) is 0 Å². The van der Waals surface area contributed by atoms with E-state index in [0.29, 0.717) is 17.7 Å². The number of nitrogens with one attached hydrogen (secondary N) is 1. The van der Waals surface area contributed by atoms with E-state index in [1.54, 1.807) is 18.2 Å². The number of H-pyrrole nitrogens is 1. The maximum absolute atomic E-state index is 11.2. The molecule has 5 nitrogen and oxygen atoms in total. The molecule has 5 heteroatoms. The molecule has 0 aliphatic carbocycles. The lowest BCUT2D eigenvalue weighted by atomic mass is 10.1. The molecule has 1 aromatic carbocycles. The van der Waals surface area contributed by atoms with Gasteiger partial charge in [-0.1, -0.05) is 6.08 Å². The Morgan fingerprint density at radius 1 is 1.47 bits per heavy atom. The Morgan fingerprint density at radius 2 is 2.24 bits per heavy atom. The molecule has 2 rings (SSSR count). The average molecular weight is 233 g/mol. The third-order valence-electron chi connectivity index (χ3n) is 2.34. The number of hydrogen-bond acceptors (Lipinski definition) is 4. The lowest BCUT2D eigenvalue weighted by molar-refractivity contribution is 0.405. The van der Waals surface area contributed by atoms with Crippen LogP contribution >= 0.6 is 0 Å². The molecule has 0 atom stereocenters. The Labute approximate surface area is 96.3 Å². The molecule has 0 unspecified atom stereocenters. The van der Waals surface area contributed by atoms with Gasteiger partial charge in [0.05, 0.1) is 12.6 Å². The van der Waals surface area contributed by atoms with Crippen molar-refractivity contribution in [2.24, 2.45) is 0 Å². The minimum Gasteiger partial charge on any atom is -0.493 e. The van der Waals surface area contributed by atoms with E-state index in [0.717, 1.165) is 5.56 Å². The number of benzene rings is 1. The van der Waals surface area contributed by atoms with Crippen LogP contribution in [0.25, 0.3) is 11.1 Å². The average Bonchev–Trinajstić information content (AvgIpc) is 2.31. The number of aromatic amines is 1. The Hall–Kier alpha value is -2.30. The van der Waals surface area contributed by atoms with Crippen LogP contribution in [0, 0.1) is 0 Å². The fourth-order valence-electron chi connectivity index (χ4n) is 1.61. The molecular formula is C12H11NO4. The highest BCUT2D eigenvalue weighted by molar-refractivity contribution is 5.79. The van der Waals surface area contributed by atoms with Gasteiger partial charge in [0, 0.05) is 0 Å². The van der Waals surface area contributed by atoms with Gasteiger partial charge in [-0.15, -0.1) is 6.58 Å². The molecule has 0 spiro atoms. The summed E-state index contributed by atoms with van der Waals surface area (Å²) in [5.74, 6) is 0.410. The summed E-state index contributed by atoms with van der Waals surface area (Å²) in [6, 6.07) is 3.47. The number of aromatic nitrogens is 1. The molecule has 17 heavy (non-hydrogen) atoms. The SMILES string of the molecule is C=CCc1cc(OC)c2oc(=O)c(=O)[nH]c2c1. The third-order valence-corrected chi connectivity index (χ3v) is 2.34. The molecule has 0 saturated heterocycles. The van der Waals surface area contributed by atoms with E-state index in [-0.39, 0.29) is 5.58 Å². The number of rotatable bonds is 3. The van der Waals surface area contributed by atoms with Gasteiger partial charge < -0.3 is 14.1 Å². The van der Waals surface area contributed by atoms with E-state index >= 15 is 0 Å². The quantitative estimate of drug-likeness (QED) is 0.639. The van der Waals surface area contributed by atoms with Crippen molar-refractivity contribution in [2.75, 3.05) is 7.11 Å². The molecule has 0 fully saturated rings. The van der Waals surface area contributed by atoms with Gasteiger partial charge in [-0.05, 0) is 24.1 Å². The topological polar surface area (TPSA) is 72.3 Å². The predicted octanol–water partition coefficient (Wildman–Crippen LogP) is 1.22. The third kappa shape index (κ3) is 1.99. The first kappa shape index (κ1) is 11.2. The Kier molecular flexibility index (Phi) is 2.82. The Morgan fingerprint density at radius 3 is 2.88 bits per heavy atom. The highest BCUT2D eigenvalue weighted by atomic mass is 16.5. The number of methoxy groups -OCH3 is 1. The van der Waals surface area contributed by atoms with E-state index in [4.69, 9.17) is 9.15 Å². The largest absolute Gasteiger partial charge is 0.493 e. The number of fused-ring (bicyclic) bond motifs is 1. The molecular weight excluding hydrogens is 222 g/mol. The van der Waals surface area contributed by atoms with E-state index in [9.17, 15) is 9.59 Å². The first-order chi connectivity index (χ1) is 8.15. The molecule has 2 aromatic rings. The zero-order valence-corrected chi connectivity index (χ0v) is 9.28. The van der Waals surface area contributed by atoms with Crippen LogP contribution in [0.15, 0.2) is 38.8 Å². The summed E-state index contributed by atoms with van der Waals surface area (Å²) in [6.07, 6.45) is 2.37. The summed E-state index contributed by atoms with van der Waals surface area (Å²) in [7, 11) is 1.47. The van der Waals surface area contributed by atoms with Crippen LogP contribution < -0.4 is 15.9 Å². The first-order valence-electron chi connectivity index (χ1n) is 5.00. The molecule has 1 heterocycles. The Balaban J connectivity index is 2.82. The van der Waals surface area contributed by atoms with Crippen LogP contribution in [-0.2, 0) is 6.42 Å². The molecule has 1 aromatic heterocycles. The number of ether oxygens (including phenoxy) is 1. The second-order valence-electron chi connectivity index (χ2n) is 3.51. The molecule has 0 bridgehead atoms. The van der Waals surface area contributed by atoms with Gasteiger partial charge in [-0.25, -0.2) is 4.79 Å². The molecule has 0 saturated carbocycles. The standard InChI is InChI=1S/C12H11NO4/c1-3-4-7-5-8-10(9(6-7)16-2)17-12(15)11(14)13-8/h3,5-6H,1,4H2,2H3,(H,13,14). The minimum atomic E-state index is -0.938. The van der Waals surface area contributed by atoms with Crippen LogP contribution in [0.3, 0.4) is 0 Å². The lowest BCUT2D eigenvalue weighted by Crippen LogP contribution is -2.25. The zero-order valence-electron chi connectivity index (χ0n) is 9.28. The number of hydrogen-bond donors (Lipinski definition) is 1. The van der Waals surface area contributed by atoms with E-state index in [2.05, 4.69) is 11.6 Å². The van der Waals surface area contributed by atoms with Crippen LogP contribution in [0.1, 0.15) is 5.56 Å². The van der Waals surface area contributed by atoms with Crippen LogP contribution in [0.2, 0.25) is 0 Å². The highest BCUT2D eigenvalue weighted by Gasteiger charge is 2.09. The summed E-state index contributed by atoms with van der Waals surface area (Å²) in [5.41, 5.74) is -0.132. The predicted molar refractivity (Wildman–Crippen MR) is 63.6 cm³/mol. The van der Waals surface area contributed by atoms with Gasteiger partial charge in [-0.3, -0.25) is 4.79 Å². The molecule has 0 amide bonds. The van der Waals surface area contributed by atoms with Crippen molar-refractivity contribution < 1.29 is 9.15 Å². The van der Waals surface area contributed by atoms with Gasteiger partial charge in [0.25, 0.3) is 0 Å². The molecule has 1 N–H and O–H groups in total. The maximum Gasteiger partial charge on any atom is 0.402 e. The van der Waals surface area contributed by atoms with Crippen molar-refractivity contribution in [1.29, 1.82) is 0 Å². The molecule has 0 aliphatic rings. The maximum atomic E-state index is 11.2. The van der Waals surface area contributed by atoms with Crippen LogP contribution in [0.4, 0.5) is 0 Å². The summed E-state index contributed by atoms with van der Waals surface area (Å²) >= 11 is 0. The fourth-order valence-corrected chi connectivity index (χ4v) is 1.61. The van der Waals surface area contributed by atoms with Crippen molar-refractivity contribution in [3.8, 4) is 5.75 Å². The number of allylic oxidation sites excluding steroid dienone is 1. The molecule has 0 radical (unpaired) electrons. The second kappa shape index (κ2) is 4.29. The zero-order chi connectivity index (χ0) is 12.4. The van der Waals surface area contributed by atoms with Gasteiger partial charge >= 0.3 is 11.2 Å². The summed E-state index contributed by atoms with van der Waals surface area (Å²) < 4.78 is 10.0. The van der Waals surface area contributed by atoms with Crippen molar-refractivity contribution in [1.82, 2.24) is 4.98 Å². The monoisotopic (exact) mass is 233 g/mol. The van der Waals surface area contributed by atoms with Crippen molar-refractivity contribution in [2.45, 2.75) is 6.42 Å². The molecule has 0 aliphatic heterocycles. The normalized spacial score (nSPS) is 10.4. The summed E-state index contributed by atoms with van der Waals surface area (Å²) in [4.78, 5) is 24.8. The highest BCUT2D eigenvalue weighted by Crippen LogP contribution is 2.24. The first-order valence-corrected chi connectivity index (χ1v) is 5.00. The fraction of sp³-hybridized carbons (Fsp3) is 0.167.